The van der Waals surface area contributed by atoms with E-state index in [1.54, 1.807) is 4.68 Å². The minimum atomic E-state index is 0.707. The highest BCUT2D eigenvalue weighted by atomic mass is 15.3. The van der Waals surface area contributed by atoms with E-state index in [-0.39, 0.29) is 0 Å². The molecular formula is C21H27N7. The molecule has 0 unspecified atom stereocenters. The van der Waals surface area contributed by atoms with Crippen LogP contribution in [-0.2, 0) is 6.54 Å². The number of rotatable bonds is 6. The molecule has 0 radical (unpaired) electrons. The summed E-state index contributed by atoms with van der Waals surface area (Å²) in [7, 11) is 0. The van der Waals surface area contributed by atoms with Crippen molar-refractivity contribution < 1.29 is 0 Å². The Hall–Kier alpha value is -2.93. The van der Waals surface area contributed by atoms with Crippen molar-refractivity contribution in [1.29, 1.82) is 0 Å². The van der Waals surface area contributed by atoms with Gasteiger partial charge >= 0.3 is 0 Å². The molecule has 1 N–H and O–H groups in total. The molecule has 0 atom stereocenters. The first-order chi connectivity index (χ1) is 13.7. The lowest BCUT2D eigenvalue weighted by atomic mass is 10.2. The van der Waals surface area contributed by atoms with Gasteiger partial charge in [-0.05, 0) is 48.9 Å². The first kappa shape index (κ1) is 18.4. The third kappa shape index (κ3) is 4.31. The fourth-order valence-electron chi connectivity index (χ4n) is 3.42. The number of likely N-dealkylation sites (N-methyl/N-ethyl adjacent to an activating group) is 1. The van der Waals surface area contributed by atoms with E-state index in [1.807, 2.05) is 43.7 Å². The molecule has 1 saturated heterocycles. The maximum Gasteiger partial charge on any atom is 0.155 e. The number of pyridine rings is 2. The minimum Gasteiger partial charge on any atom is -0.366 e. The predicted molar refractivity (Wildman–Crippen MR) is 112 cm³/mol. The number of nitrogens with one attached hydrogen (secondary N) is 1. The van der Waals surface area contributed by atoms with E-state index in [2.05, 4.69) is 49.2 Å². The predicted octanol–water partition coefficient (Wildman–Crippen LogP) is 2.72. The minimum absolute atomic E-state index is 0.707. The van der Waals surface area contributed by atoms with Gasteiger partial charge in [0.2, 0.25) is 0 Å². The van der Waals surface area contributed by atoms with Gasteiger partial charge in [-0.2, -0.15) is 5.10 Å². The van der Waals surface area contributed by atoms with Crippen LogP contribution >= 0.6 is 0 Å². The molecule has 4 rings (SSSR count). The van der Waals surface area contributed by atoms with Crippen molar-refractivity contribution in [3.63, 3.8) is 0 Å². The van der Waals surface area contributed by atoms with Crippen LogP contribution < -0.4 is 10.2 Å². The van der Waals surface area contributed by atoms with E-state index in [0.29, 0.717) is 6.54 Å². The summed E-state index contributed by atoms with van der Waals surface area (Å²) in [6.45, 7) is 10.3. The van der Waals surface area contributed by atoms with Gasteiger partial charge in [0, 0.05) is 45.1 Å². The summed E-state index contributed by atoms with van der Waals surface area (Å²) >= 11 is 0. The zero-order valence-electron chi connectivity index (χ0n) is 16.5. The fraction of sp³-hybridized carbons (Fsp3) is 0.381. The molecule has 1 fully saturated rings. The first-order valence-corrected chi connectivity index (χ1v) is 9.86. The maximum atomic E-state index is 4.66. The van der Waals surface area contributed by atoms with Gasteiger partial charge in [0.25, 0.3) is 0 Å². The Kier molecular flexibility index (Phi) is 5.53. The summed E-state index contributed by atoms with van der Waals surface area (Å²) in [6.07, 6.45) is 5.70. The van der Waals surface area contributed by atoms with Gasteiger partial charge in [0.05, 0.1) is 6.20 Å². The lowest BCUT2D eigenvalue weighted by Gasteiger charge is -2.34. The number of hydrogen-bond acceptors (Lipinski definition) is 6. The largest absolute Gasteiger partial charge is 0.366 e. The highest BCUT2D eigenvalue weighted by molar-refractivity contribution is 5.44. The van der Waals surface area contributed by atoms with E-state index in [1.165, 1.54) is 5.56 Å². The van der Waals surface area contributed by atoms with Gasteiger partial charge in [-0.25, -0.2) is 14.6 Å². The molecule has 1 aliphatic heterocycles. The van der Waals surface area contributed by atoms with Crippen LogP contribution in [0.2, 0.25) is 0 Å². The van der Waals surface area contributed by atoms with Crippen LogP contribution in [0.4, 0.5) is 11.6 Å². The second kappa shape index (κ2) is 8.39. The molecule has 146 valence electrons. The van der Waals surface area contributed by atoms with Crippen molar-refractivity contribution in [2.24, 2.45) is 0 Å². The lowest BCUT2D eigenvalue weighted by Crippen LogP contribution is -2.46. The smallest absolute Gasteiger partial charge is 0.155 e. The highest BCUT2D eigenvalue weighted by Crippen LogP contribution is 2.16. The summed E-state index contributed by atoms with van der Waals surface area (Å²) in [5.41, 5.74) is 2.31. The van der Waals surface area contributed by atoms with E-state index < -0.39 is 0 Å². The Bertz CT molecular complexity index is 912. The van der Waals surface area contributed by atoms with Crippen LogP contribution in [0.25, 0.3) is 5.82 Å². The zero-order valence-corrected chi connectivity index (χ0v) is 16.5. The number of hydrogen-bond donors (Lipinski definition) is 1. The van der Waals surface area contributed by atoms with Crippen LogP contribution in [-0.4, -0.2) is 57.4 Å². The van der Waals surface area contributed by atoms with Crippen LogP contribution in [0.5, 0.6) is 0 Å². The number of anilines is 2. The average molecular weight is 377 g/mol. The van der Waals surface area contributed by atoms with Gasteiger partial charge in [-0.15, -0.1) is 0 Å². The van der Waals surface area contributed by atoms with Crippen LogP contribution in [0.1, 0.15) is 18.1 Å². The fourth-order valence-corrected chi connectivity index (χ4v) is 3.42. The van der Waals surface area contributed by atoms with Crippen LogP contribution in [0, 0.1) is 6.92 Å². The maximum absolute atomic E-state index is 4.66. The normalized spacial score (nSPS) is 15.0. The highest BCUT2D eigenvalue weighted by Gasteiger charge is 2.16. The standard InChI is InChI=1S/C21H27N7/c1-3-26-9-11-27(12-10-26)21-13-18(7-8-22-21)15-23-19-5-4-6-20(25-19)28-16-17(2)14-24-28/h4-8,13-14,16H,3,9-12,15H2,1-2H3,(H,23,25). The zero-order chi connectivity index (χ0) is 19.3. The molecule has 0 amide bonds. The summed E-state index contributed by atoms with van der Waals surface area (Å²) in [5, 5.41) is 7.75. The van der Waals surface area contributed by atoms with Crippen molar-refractivity contribution in [3.8, 4) is 5.82 Å². The van der Waals surface area contributed by atoms with Crippen LogP contribution in [0.3, 0.4) is 0 Å². The quantitative estimate of drug-likeness (QED) is 0.713. The Morgan fingerprint density at radius 2 is 1.93 bits per heavy atom. The van der Waals surface area contributed by atoms with E-state index in [4.69, 9.17) is 0 Å². The molecule has 0 bridgehead atoms. The summed E-state index contributed by atoms with van der Waals surface area (Å²) in [5.74, 6) is 2.70. The number of aromatic nitrogens is 4. The van der Waals surface area contributed by atoms with Gasteiger partial charge in [-0.3, -0.25) is 0 Å². The van der Waals surface area contributed by atoms with Crippen molar-refractivity contribution in [1.82, 2.24) is 24.6 Å². The van der Waals surface area contributed by atoms with Crippen LogP contribution in [0.15, 0.2) is 48.9 Å². The summed E-state index contributed by atoms with van der Waals surface area (Å²) < 4.78 is 1.79. The molecule has 3 aromatic rings. The molecule has 0 aliphatic carbocycles. The molecule has 0 aromatic carbocycles. The molecule has 0 saturated carbocycles. The molecule has 0 spiro atoms. The second-order valence-corrected chi connectivity index (χ2v) is 7.14. The van der Waals surface area contributed by atoms with Crippen molar-refractivity contribution >= 4 is 11.6 Å². The third-order valence-electron chi connectivity index (χ3n) is 5.11. The van der Waals surface area contributed by atoms with Gasteiger partial charge in [0.15, 0.2) is 5.82 Å². The lowest BCUT2D eigenvalue weighted by molar-refractivity contribution is 0.270. The Labute approximate surface area is 166 Å². The van der Waals surface area contributed by atoms with E-state index >= 15 is 0 Å². The summed E-state index contributed by atoms with van der Waals surface area (Å²) in [4.78, 5) is 14.1. The SMILES string of the molecule is CCN1CCN(c2cc(CNc3cccc(-n4cc(C)cn4)n3)ccn2)CC1. The monoisotopic (exact) mass is 377 g/mol. The average Bonchev–Trinajstić information content (AvgIpc) is 3.19. The van der Waals surface area contributed by atoms with Crippen molar-refractivity contribution in [2.75, 3.05) is 42.9 Å². The van der Waals surface area contributed by atoms with Gasteiger partial charge in [0.1, 0.15) is 11.6 Å². The third-order valence-corrected chi connectivity index (χ3v) is 5.11. The van der Waals surface area contributed by atoms with Crippen molar-refractivity contribution in [3.05, 3.63) is 60.0 Å². The Morgan fingerprint density at radius 3 is 2.68 bits per heavy atom. The number of aryl methyl sites for hydroxylation is 1. The molecule has 4 heterocycles. The first-order valence-electron chi connectivity index (χ1n) is 9.86. The van der Waals surface area contributed by atoms with E-state index in [9.17, 15) is 0 Å². The number of nitrogens with zero attached hydrogens (tertiary/aromatic N) is 6. The molecule has 3 aromatic heterocycles. The van der Waals surface area contributed by atoms with Gasteiger partial charge in [-0.1, -0.05) is 13.0 Å². The molecule has 7 nitrogen and oxygen atoms in total. The summed E-state index contributed by atoms with van der Waals surface area (Å²) in [6, 6.07) is 10.2. The molecule has 1 aliphatic rings. The topological polar surface area (TPSA) is 62.1 Å². The van der Waals surface area contributed by atoms with Crippen molar-refractivity contribution in [2.45, 2.75) is 20.4 Å². The molecule has 28 heavy (non-hydrogen) atoms. The van der Waals surface area contributed by atoms with Gasteiger partial charge < -0.3 is 15.1 Å². The van der Waals surface area contributed by atoms with E-state index in [0.717, 1.165) is 55.7 Å². The Balaban J connectivity index is 1.40. The Morgan fingerprint density at radius 1 is 1.07 bits per heavy atom. The second-order valence-electron chi connectivity index (χ2n) is 7.14. The number of piperazine rings is 1. The molecule has 7 heteroatoms. The molecular weight excluding hydrogens is 350 g/mol.